The average molecular weight is 545 g/mol. The van der Waals surface area contributed by atoms with Crippen molar-refractivity contribution in [3.63, 3.8) is 0 Å². The summed E-state index contributed by atoms with van der Waals surface area (Å²) in [6, 6.07) is 15.3. The van der Waals surface area contributed by atoms with Gasteiger partial charge in [-0.2, -0.15) is 0 Å². The highest BCUT2D eigenvalue weighted by atomic mass is 35.5. The van der Waals surface area contributed by atoms with Gasteiger partial charge in [0.15, 0.2) is 5.15 Å². The van der Waals surface area contributed by atoms with Crippen LogP contribution < -0.4 is 4.72 Å². The fourth-order valence-electron chi connectivity index (χ4n) is 3.40. The van der Waals surface area contributed by atoms with E-state index >= 15 is 0 Å². The van der Waals surface area contributed by atoms with Crippen LogP contribution in [0.3, 0.4) is 0 Å². The maximum absolute atomic E-state index is 12.2. The second-order valence-corrected chi connectivity index (χ2v) is 10.6. The van der Waals surface area contributed by atoms with E-state index in [2.05, 4.69) is 16.8 Å². The molecule has 0 atom stereocenters. The Morgan fingerprint density at radius 2 is 1.81 bits per heavy atom. The fraction of sp³-hybridized carbons (Fsp3) is 0.259. The number of aromatic nitrogens is 2. The molecule has 0 fully saturated rings. The monoisotopic (exact) mass is 543 g/mol. The first-order chi connectivity index (χ1) is 17.2. The van der Waals surface area contributed by atoms with E-state index in [0.29, 0.717) is 42.3 Å². The zero-order valence-electron chi connectivity index (χ0n) is 20.1. The second-order valence-electron chi connectivity index (χ2n) is 8.04. The summed E-state index contributed by atoms with van der Waals surface area (Å²) in [5, 5.41) is 0.752. The number of halogens is 2. The van der Waals surface area contributed by atoms with Gasteiger partial charge in [0.25, 0.3) is 5.91 Å². The summed E-state index contributed by atoms with van der Waals surface area (Å²) in [6.45, 7) is 4.19. The first kappa shape index (κ1) is 27.5. The number of rotatable bonds is 9. The molecule has 0 radical (unpaired) electrons. The average Bonchev–Trinajstić information content (AvgIpc) is 3.16. The minimum atomic E-state index is -3.68. The summed E-state index contributed by atoms with van der Waals surface area (Å²) >= 11 is 12.9. The number of amides is 1. The number of imidazole rings is 1. The van der Waals surface area contributed by atoms with Gasteiger partial charge < -0.3 is 4.57 Å². The number of aryl methyl sites for hydroxylation is 1. The van der Waals surface area contributed by atoms with Crippen molar-refractivity contribution in [3.8, 4) is 11.8 Å². The maximum atomic E-state index is 12.2. The summed E-state index contributed by atoms with van der Waals surface area (Å²) in [4.78, 5) is 16.6. The molecule has 0 aliphatic rings. The fourth-order valence-corrected chi connectivity index (χ4v) is 5.05. The van der Waals surface area contributed by atoms with Crippen molar-refractivity contribution >= 4 is 45.2 Å². The normalized spacial score (nSPS) is 11.3. The van der Waals surface area contributed by atoms with Crippen LogP contribution in [-0.2, 0) is 27.8 Å². The zero-order chi connectivity index (χ0) is 26.1. The summed E-state index contributed by atoms with van der Waals surface area (Å²) in [6.07, 6.45) is 4.40. The minimum Gasteiger partial charge on any atom is -0.323 e. The number of nitrogens with zero attached hydrogens (tertiary/aromatic N) is 2. The summed E-state index contributed by atoms with van der Waals surface area (Å²) in [7, 11) is -3.68. The van der Waals surface area contributed by atoms with Crippen LogP contribution in [0.2, 0.25) is 10.2 Å². The summed E-state index contributed by atoms with van der Waals surface area (Å²) in [5.74, 6) is 6.09. The molecule has 0 aliphatic heterocycles. The van der Waals surface area contributed by atoms with Gasteiger partial charge in [0.05, 0.1) is 18.0 Å². The Morgan fingerprint density at radius 1 is 1.08 bits per heavy atom. The number of sulfonamides is 1. The van der Waals surface area contributed by atoms with Gasteiger partial charge in [-0.1, -0.05) is 79.6 Å². The van der Waals surface area contributed by atoms with E-state index in [1.807, 2.05) is 65.6 Å². The van der Waals surface area contributed by atoms with Crippen LogP contribution in [0.25, 0.3) is 6.08 Å². The van der Waals surface area contributed by atoms with Crippen LogP contribution >= 0.6 is 23.2 Å². The van der Waals surface area contributed by atoms with Crippen molar-refractivity contribution in [1.82, 2.24) is 14.3 Å². The van der Waals surface area contributed by atoms with Crippen molar-refractivity contribution in [2.45, 2.75) is 39.7 Å². The molecule has 3 rings (SSSR count). The molecule has 2 aromatic carbocycles. The molecule has 1 amide bonds. The van der Waals surface area contributed by atoms with E-state index in [4.69, 9.17) is 23.2 Å². The highest BCUT2D eigenvalue weighted by Crippen LogP contribution is 2.25. The Balaban J connectivity index is 1.81. The van der Waals surface area contributed by atoms with E-state index < -0.39 is 15.9 Å². The molecular weight excluding hydrogens is 517 g/mol. The van der Waals surface area contributed by atoms with E-state index in [1.54, 1.807) is 6.07 Å². The molecule has 36 heavy (non-hydrogen) atoms. The van der Waals surface area contributed by atoms with Crippen molar-refractivity contribution < 1.29 is 13.2 Å². The van der Waals surface area contributed by atoms with Gasteiger partial charge in [-0.05, 0) is 42.3 Å². The number of hydrogen-bond donors (Lipinski definition) is 1. The molecule has 3 aromatic rings. The summed E-state index contributed by atoms with van der Waals surface area (Å²) in [5.41, 5.74) is 3.01. The number of hydrogen-bond acceptors (Lipinski definition) is 4. The lowest BCUT2D eigenvalue weighted by Crippen LogP contribution is -2.31. The number of benzene rings is 2. The third-order valence-corrected chi connectivity index (χ3v) is 7.25. The van der Waals surface area contributed by atoms with Gasteiger partial charge in [0.2, 0.25) is 10.0 Å². The Bertz CT molecular complexity index is 1420. The van der Waals surface area contributed by atoms with Gasteiger partial charge in [0, 0.05) is 28.6 Å². The molecule has 188 valence electrons. The number of carbonyl (C=O) groups is 1. The Labute approximate surface area is 222 Å². The quantitative estimate of drug-likeness (QED) is 0.287. The zero-order valence-corrected chi connectivity index (χ0v) is 22.4. The molecule has 0 aliphatic carbocycles. The first-order valence-corrected chi connectivity index (χ1v) is 14.0. The topological polar surface area (TPSA) is 81.1 Å². The van der Waals surface area contributed by atoms with Crippen LogP contribution in [0.5, 0.6) is 0 Å². The van der Waals surface area contributed by atoms with E-state index in [0.717, 1.165) is 22.8 Å². The SMILES string of the molecule is CCCCS(=O)(=O)NC(=O)/C=C/c1c(Cl)nc(CC)n1Cc1ccc(C#Cc2ccccc2)cc1Cl. The molecule has 6 nitrogen and oxygen atoms in total. The lowest BCUT2D eigenvalue weighted by molar-refractivity contribution is -0.114. The molecule has 0 unspecified atom stereocenters. The highest BCUT2D eigenvalue weighted by Gasteiger charge is 2.16. The lowest BCUT2D eigenvalue weighted by atomic mass is 10.1. The van der Waals surface area contributed by atoms with Crippen LogP contribution in [0.15, 0.2) is 54.6 Å². The van der Waals surface area contributed by atoms with Gasteiger partial charge in [-0.15, -0.1) is 0 Å². The van der Waals surface area contributed by atoms with Crippen molar-refractivity contribution in [3.05, 3.63) is 93.0 Å². The molecule has 9 heteroatoms. The van der Waals surface area contributed by atoms with E-state index in [1.165, 1.54) is 6.08 Å². The third kappa shape index (κ3) is 7.72. The molecule has 1 aromatic heterocycles. The minimum absolute atomic E-state index is 0.105. The predicted molar refractivity (Wildman–Crippen MR) is 145 cm³/mol. The summed E-state index contributed by atoms with van der Waals surface area (Å²) < 4.78 is 27.9. The van der Waals surface area contributed by atoms with Gasteiger partial charge in [0.1, 0.15) is 5.82 Å². The molecule has 0 saturated carbocycles. The molecule has 0 bridgehead atoms. The molecule has 1 N–H and O–H groups in total. The smallest absolute Gasteiger partial charge is 0.257 e. The number of unbranched alkanes of at least 4 members (excludes halogenated alkanes) is 1. The maximum Gasteiger partial charge on any atom is 0.257 e. The highest BCUT2D eigenvalue weighted by molar-refractivity contribution is 7.90. The lowest BCUT2D eigenvalue weighted by Gasteiger charge is -2.11. The predicted octanol–water partition coefficient (Wildman–Crippen LogP) is 5.46. The van der Waals surface area contributed by atoms with E-state index in [9.17, 15) is 13.2 Å². The molecule has 0 saturated heterocycles. The largest absolute Gasteiger partial charge is 0.323 e. The van der Waals surface area contributed by atoms with Crippen LogP contribution in [0.1, 0.15) is 54.9 Å². The third-order valence-electron chi connectivity index (χ3n) is 5.28. The van der Waals surface area contributed by atoms with Gasteiger partial charge in [-0.25, -0.2) is 18.1 Å². The second kappa shape index (κ2) is 12.8. The molecular formula is C27H27Cl2N3O3S. The molecule has 1 heterocycles. The van der Waals surface area contributed by atoms with Crippen LogP contribution in [0, 0.1) is 11.8 Å². The number of carbonyl (C=O) groups excluding carboxylic acids is 1. The van der Waals surface area contributed by atoms with E-state index in [-0.39, 0.29) is 10.9 Å². The molecule has 0 spiro atoms. The Morgan fingerprint density at radius 3 is 2.47 bits per heavy atom. The van der Waals surface area contributed by atoms with Crippen LogP contribution in [0.4, 0.5) is 0 Å². The standard InChI is InChI=1S/C27H27Cl2N3O3S/c1-3-5-17-36(34,35)31-26(33)16-15-24-27(29)30-25(4-2)32(24)19-22-14-13-21(18-23(22)28)12-11-20-9-7-6-8-10-20/h6-10,13-16,18H,3-5,17,19H2,1-2H3,(H,31,33)/b16-15+. The Hall–Kier alpha value is -3.05. The van der Waals surface area contributed by atoms with Crippen molar-refractivity contribution in [1.29, 1.82) is 0 Å². The van der Waals surface area contributed by atoms with Crippen molar-refractivity contribution in [2.75, 3.05) is 5.75 Å². The Kier molecular flexibility index (Phi) is 9.77. The van der Waals surface area contributed by atoms with Crippen LogP contribution in [-0.4, -0.2) is 29.6 Å². The van der Waals surface area contributed by atoms with Crippen molar-refractivity contribution in [2.24, 2.45) is 0 Å². The first-order valence-electron chi connectivity index (χ1n) is 11.5. The number of nitrogens with one attached hydrogen (secondary N) is 1. The van der Waals surface area contributed by atoms with Gasteiger partial charge in [-0.3, -0.25) is 4.79 Å². The van der Waals surface area contributed by atoms with Gasteiger partial charge >= 0.3 is 0 Å².